The molecule has 2 amide bonds. The fourth-order valence-corrected chi connectivity index (χ4v) is 3.49. The van der Waals surface area contributed by atoms with Gasteiger partial charge in [0, 0.05) is 29.8 Å². The molecule has 1 aliphatic rings. The lowest BCUT2D eigenvalue weighted by Gasteiger charge is -2.28. The van der Waals surface area contributed by atoms with Gasteiger partial charge in [0.2, 0.25) is 0 Å². The number of para-hydroxylation sites is 1. The molecule has 0 aromatic heterocycles. The van der Waals surface area contributed by atoms with E-state index in [1.54, 1.807) is 48.0 Å². The number of anilines is 1. The van der Waals surface area contributed by atoms with E-state index in [2.05, 4.69) is 5.32 Å². The molecule has 0 aliphatic carbocycles. The van der Waals surface area contributed by atoms with E-state index >= 15 is 0 Å². The molecule has 3 rings (SSSR count). The molecule has 0 bridgehead atoms. The van der Waals surface area contributed by atoms with Crippen molar-refractivity contribution in [2.24, 2.45) is 0 Å². The van der Waals surface area contributed by atoms with Crippen molar-refractivity contribution in [3.8, 4) is 5.75 Å². The van der Waals surface area contributed by atoms with Crippen LogP contribution in [0.1, 0.15) is 10.4 Å². The van der Waals surface area contributed by atoms with Gasteiger partial charge in [-0.25, -0.2) is 0 Å². The highest BCUT2D eigenvalue weighted by molar-refractivity contribution is 7.99. The van der Waals surface area contributed by atoms with Gasteiger partial charge in [-0.05, 0) is 36.4 Å². The fourth-order valence-electron chi connectivity index (χ4n) is 2.50. The molecule has 124 valence electrons. The average molecular weight is 342 g/mol. The molecular formula is C18H18N2O3S. The Balaban J connectivity index is 1.63. The van der Waals surface area contributed by atoms with E-state index < -0.39 is 0 Å². The molecular weight excluding hydrogens is 324 g/mol. The Kier molecular flexibility index (Phi) is 5.05. The average Bonchev–Trinajstić information content (AvgIpc) is 2.65. The van der Waals surface area contributed by atoms with Crippen LogP contribution in [0.25, 0.3) is 0 Å². The van der Waals surface area contributed by atoms with Gasteiger partial charge in [-0.15, -0.1) is 11.8 Å². The molecule has 2 aromatic rings. The van der Waals surface area contributed by atoms with Crippen LogP contribution in [0, 0.1) is 0 Å². The van der Waals surface area contributed by atoms with E-state index in [1.807, 2.05) is 24.3 Å². The molecule has 24 heavy (non-hydrogen) atoms. The Bertz CT molecular complexity index is 746. The van der Waals surface area contributed by atoms with Gasteiger partial charge < -0.3 is 15.0 Å². The number of hydrogen-bond acceptors (Lipinski definition) is 4. The summed E-state index contributed by atoms with van der Waals surface area (Å²) in [4.78, 5) is 26.9. The normalized spacial score (nSPS) is 13.1. The first kappa shape index (κ1) is 16.4. The third kappa shape index (κ3) is 3.54. The summed E-state index contributed by atoms with van der Waals surface area (Å²) in [5.74, 6) is 1.22. The predicted molar refractivity (Wildman–Crippen MR) is 94.8 cm³/mol. The van der Waals surface area contributed by atoms with Gasteiger partial charge in [-0.3, -0.25) is 9.59 Å². The molecule has 0 unspecified atom stereocenters. The predicted octanol–water partition coefficient (Wildman–Crippen LogP) is 2.56. The molecule has 0 saturated carbocycles. The van der Waals surface area contributed by atoms with Crippen molar-refractivity contribution < 1.29 is 14.3 Å². The van der Waals surface area contributed by atoms with Gasteiger partial charge in [-0.1, -0.05) is 12.1 Å². The molecule has 2 aromatic carbocycles. The first-order chi connectivity index (χ1) is 11.7. The van der Waals surface area contributed by atoms with Crippen LogP contribution in [0.15, 0.2) is 53.4 Å². The Morgan fingerprint density at radius 2 is 1.92 bits per heavy atom. The standard InChI is InChI=1S/C18H18N2O3S/c1-19-18(22)13-6-8-14(9-7-13)23-12-17(21)20-10-11-24-16-5-3-2-4-15(16)20/h2-9H,10-12H2,1H3,(H,19,22). The maximum absolute atomic E-state index is 12.5. The van der Waals surface area contributed by atoms with E-state index in [0.717, 1.165) is 16.3 Å². The van der Waals surface area contributed by atoms with Gasteiger partial charge in [0.25, 0.3) is 11.8 Å². The number of carbonyl (C=O) groups is 2. The largest absolute Gasteiger partial charge is 0.484 e. The van der Waals surface area contributed by atoms with Crippen molar-refractivity contribution in [2.45, 2.75) is 4.90 Å². The lowest BCUT2D eigenvalue weighted by molar-refractivity contribution is -0.120. The minimum Gasteiger partial charge on any atom is -0.484 e. The van der Waals surface area contributed by atoms with Crippen LogP contribution >= 0.6 is 11.8 Å². The molecule has 1 heterocycles. The van der Waals surface area contributed by atoms with Crippen LogP contribution in [0.2, 0.25) is 0 Å². The van der Waals surface area contributed by atoms with E-state index in [9.17, 15) is 9.59 Å². The molecule has 1 aliphatic heterocycles. The number of carbonyl (C=O) groups excluding carboxylic acids is 2. The van der Waals surface area contributed by atoms with Gasteiger partial charge in [0.05, 0.1) is 5.69 Å². The summed E-state index contributed by atoms with van der Waals surface area (Å²) in [6.07, 6.45) is 0. The first-order valence-electron chi connectivity index (χ1n) is 7.66. The summed E-state index contributed by atoms with van der Waals surface area (Å²) < 4.78 is 5.57. The third-order valence-electron chi connectivity index (χ3n) is 3.74. The van der Waals surface area contributed by atoms with Crippen LogP contribution in [0.4, 0.5) is 5.69 Å². The lowest BCUT2D eigenvalue weighted by Crippen LogP contribution is -2.38. The Morgan fingerprint density at radius 3 is 2.67 bits per heavy atom. The van der Waals surface area contributed by atoms with Crippen LogP contribution in [-0.4, -0.2) is 37.8 Å². The zero-order chi connectivity index (χ0) is 16.9. The fraction of sp³-hybridized carbons (Fsp3) is 0.222. The van der Waals surface area contributed by atoms with Crippen molar-refractivity contribution >= 4 is 29.3 Å². The van der Waals surface area contributed by atoms with Gasteiger partial charge in [0.1, 0.15) is 5.75 Å². The zero-order valence-corrected chi connectivity index (χ0v) is 14.1. The molecule has 0 fully saturated rings. The number of nitrogens with one attached hydrogen (secondary N) is 1. The van der Waals surface area contributed by atoms with E-state index in [1.165, 1.54) is 0 Å². The maximum Gasteiger partial charge on any atom is 0.264 e. The molecule has 0 saturated heterocycles. The maximum atomic E-state index is 12.5. The summed E-state index contributed by atoms with van der Waals surface area (Å²) in [5.41, 5.74) is 1.50. The van der Waals surface area contributed by atoms with Crippen LogP contribution < -0.4 is 15.0 Å². The zero-order valence-electron chi connectivity index (χ0n) is 13.3. The SMILES string of the molecule is CNC(=O)c1ccc(OCC(=O)N2CCSc3ccccc32)cc1. The van der Waals surface area contributed by atoms with Gasteiger partial charge >= 0.3 is 0 Å². The van der Waals surface area contributed by atoms with Gasteiger partial charge in [0.15, 0.2) is 6.61 Å². The second-order valence-corrected chi connectivity index (χ2v) is 6.39. The summed E-state index contributed by atoms with van der Waals surface area (Å²) in [7, 11) is 1.58. The number of nitrogens with zero attached hydrogens (tertiary/aromatic N) is 1. The number of fused-ring (bicyclic) bond motifs is 1. The minimum absolute atomic E-state index is 0.0294. The Hall–Kier alpha value is -2.47. The molecule has 0 radical (unpaired) electrons. The number of hydrogen-bond donors (Lipinski definition) is 1. The first-order valence-corrected chi connectivity index (χ1v) is 8.65. The number of ether oxygens (including phenoxy) is 1. The lowest BCUT2D eigenvalue weighted by atomic mass is 10.2. The van der Waals surface area contributed by atoms with E-state index in [4.69, 9.17) is 4.74 Å². The quantitative estimate of drug-likeness (QED) is 0.928. The summed E-state index contributed by atoms with van der Waals surface area (Å²) in [6, 6.07) is 14.6. The number of benzene rings is 2. The van der Waals surface area contributed by atoms with Crippen molar-refractivity contribution in [1.29, 1.82) is 0 Å². The van der Waals surface area contributed by atoms with Crippen molar-refractivity contribution in [3.05, 3.63) is 54.1 Å². The van der Waals surface area contributed by atoms with E-state index in [0.29, 0.717) is 17.9 Å². The minimum atomic E-state index is -0.153. The number of thioether (sulfide) groups is 1. The highest BCUT2D eigenvalue weighted by Crippen LogP contribution is 2.34. The molecule has 0 atom stereocenters. The van der Waals surface area contributed by atoms with Gasteiger partial charge in [-0.2, -0.15) is 0 Å². The summed E-state index contributed by atoms with van der Waals surface area (Å²) >= 11 is 1.76. The number of amides is 2. The molecule has 1 N–H and O–H groups in total. The molecule has 5 nitrogen and oxygen atoms in total. The van der Waals surface area contributed by atoms with Crippen LogP contribution in [0.5, 0.6) is 5.75 Å². The van der Waals surface area contributed by atoms with Crippen molar-refractivity contribution in [1.82, 2.24) is 5.32 Å². The smallest absolute Gasteiger partial charge is 0.264 e. The monoisotopic (exact) mass is 342 g/mol. The van der Waals surface area contributed by atoms with Crippen LogP contribution in [-0.2, 0) is 4.79 Å². The summed E-state index contributed by atoms with van der Waals surface area (Å²) in [6.45, 7) is 0.651. The second kappa shape index (κ2) is 7.40. The second-order valence-electron chi connectivity index (χ2n) is 5.25. The Labute approximate surface area is 145 Å². The van der Waals surface area contributed by atoms with Crippen LogP contribution in [0.3, 0.4) is 0 Å². The van der Waals surface area contributed by atoms with E-state index in [-0.39, 0.29) is 18.4 Å². The highest BCUT2D eigenvalue weighted by Gasteiger charge is 2.22. The number of rotatable bonds is 4. The Morgan fingerprint density at radius 1 is 1.17 bits per heavy atom. The molecule has 6 heteroatoms. The third-order valence-corrected chi connectivity index (χ3v) is 4.78. The topological polar surface area (TPSA) is 58.6 Å². The van der Waals surface area contributed by atoms with Crippen molar-refractivity contribution in [3.63, 3.8) is 0 Å². The summed E-state index contributed by atoms with van der Waals surface area (Å²) in [5, 5.41) is 2.56. The molecule has 0 spiro atoms. The van der Waals surface area contributed by atoms with Crippen molar-refractivity contribution in [2.75, 3.05) is 30.9 Å². The highest BCUT2D eigenvalue weighted by atomic mass is 32.2.